The molecule has 2 aromatic rings. The molecule has 3 heterocycles. The molecule has 0 aromatic carbocycles. The molecule has 0 bridgehead atoms. The number of nitrogens with zero attached hydrogens (tertiary/aromatic N) is 1. The SMILES string of the molecule is O=C1Nc2ccc(Cl)nc2C1C(=O)c1cc(Cl)cs1. The predicted octanol–water partition coefficient (Wildman–Crippen LogP) is 3.37. The third-order valence-electron chi connectivity index (χ3n) is 2.76. The zero-order chi connectivity index (χ0) is 13.6. The van der Waals surface area contributed by atoms with Gasteiger partial charge in [0, 0.05) is 5.38 Å². The molecule has 3 rings (SSSR count). The fourth-order valence-electron chi connectivity index (χ4n) is 1.93. The number of carbonyl (C=O) groups excluding carboxylic acids is 2. The summed E-state index contributed by atoms with van der Waals surface area (Å²) in [4.78, 5) is 28.8. The minimum atomic E-state index is -0.955. The third-order valence-corrected chi connectivity index (χ3v) is 4.26. The number of thiophene rings is 1. The average Bonchev–Trinajstić information content (AvgIpc) is 2.91. The molecule has 19 heavy (non-hydrogen) atoms. The Labute approximate surface area is 122 Å². The zero-order valence-electron chi connectivity index (χ0n) is 9.31. The highest BCUT2D eigenvalue weighted by molar-refractivity contribution is 7.12. The van der Waals surface area contributed by atoms with Crippen LogP contribution in [-0.4, -0.2) is 16.7 Å². The first-order valence-corrected chi connectivity index (χ1v) is 6.95. The van der Waals surface area contributed by atoms with Gasteiger partial charge < -0.3 is 5.32 Å². The monoisotopic (exact) mass is 312 g/mol. The zero-order valence-corrected chi connectivity index (χ0v) is 11.6. The largest absolute Gasteiger partial charge is 0.323 e. The lowest BCUT2D eigenvalue weighted by atomic mass is 10.00. The Morgan fingerprint density at radius 2 is 2.16 bits per heavy atom. The van der Waals surface area contributed by atoms with Crippen molar-refractivity contribution in [3.05, 3.63) is 44.3 Å². The third kappa shape index (κ3) is 2.14. The van der Waals surface area contributed by atoms with E-state index in [1.165, 1.54) is 11.3 Å². The first kappa shape index (κ1) is 12.6. The van der Waals surface area contributed by atoms with E-state index in [9.17, 15) is 9.59 Å². The van der Waals surface area contributed by atoms with E-state index in [4.69, 9.17) is 23.2 Å². The number of nitrogens with one attached hydrogen (secondary N) is 1. The van der Waals surface area contributed by atoms with E-state index in [2.05, 4.69) is 10.3 Å². The molecule has 1 unspecified atom stereocenters. The maximum Gasteiger partial charge on any atom is 0.241 e. The number of rotatable bonds is 2. The number of anilines is 1. The molecule has 0 saturated carbocycles. The van der Waals surface area contributed by atoms with E-state index in [1.54, 1.807) is 23.6 Å². The molecular weight excluding hydrogens is 307 g/mol. The molecule has 2 aromatic heterocycles. The van der Waals surface area contributed by atoms with Crippen LogP contribution in [0.25, 0.3) is 0 Å². The first-order chi connectivity index (χ1) is 9.06. The number of aromatic nitrogens is 1. The minimum absolute atomic E-state index is 0.247. The summed E-state index contributed by atoms with van der Waals surface area (Å²) in [6.07, 6.45) is 0. The predicted molar refractivity (Wildman–Crippen MR) is 74.3 cm³/mol. The van der Waals surface area contributed by atoms with Gasteiger partial charge in [-0.1, -0.05) is 23.2 Å². The molecule has 0 spiro atoms. The van der Waals surface area contributed by atoms with E-state index >= 15 is 0 Å². The van der Waals surface area contributed by atoms with E-state index in [0.29, 0.717) is 21.3 Å². The molecule has 0 radical (unpaired) electrons. The Balaban J connectivity index is 2.04. The summed E-state index contributed by atoms with van der Waals surface area (Å²) in [7, 11) is 0. The van der Waals surface area contributed by atoms with Crippen molar-refractivity contribution in [2.45, 2.75) is 5.92 Å². The van der Waals surface area contributed by atoms with Crippen LogP contribution >= 0.6 is 34.5 Å². The van der Waals surface area contributed by atoms with E-state index in [0.717, 1.165) is 0 Å². The van der Waals surface area contributed by atoms with Gasteiger partial charge in [0.2, 0.25) is 5.91 Å². The normalized spacial score (nSPS) is 17.2. The number of carbonyl (C=O) groups is 2. The molecule has 4 nitrogen and oxygen atoms in total. The van der Waals surface area contributed by atoms with Gasteiger partial charge in [0.1, 0.15) is 11.1 Å². The standard InChI is InChI=1S/C12H6Cl2N2O2S/c13-5-3-7(19-4-5)11(17)9-10-6(15-12(9)18)1-2-8(14)16-10/h1-4,9H,(H,15,18). The van der Waals surface area contributed by atoms with Gasteiger partial charge in [-0.3, -0.25) is 9.59 Å². The van der Waals surface area contributed by atoms with E-state index in [1.807, 2.05) is 0 Å². The molecule has 1 atom stereocenters. The topological polar surface area (TPSA) is 59.1 Å². The van der Waals surface area contributed by atoms with Crippen molar-refractivity contribution >= 4 is 51.9 Å². The Hall–Kier alpha value is -1.43. The van der Waals surface area contributed by atoms with Crippen molar-refractivity contribution in [2.24, 2.45) is 0 Å². The quantitative estimate of drug-likeness (QED) is 0.525. The number of pyridine rings is 1. The molecule has 1 aliphatic rings. The number of Topliss-reactive ketones (excluding diaryl/α,β-unsaturated/α-hetero) is 1. The number of fused-ring (bicyclic) bond motifs is 1. The molecule has 0 fully saturated rings. The Kier molecular flexibility index (Phi) is 3.05. The lowest BCUT2D eigenvalue weighted by Crippen LogP contribution is -2.20. The van der Waals surface area contributed by atoms with Gasteiger partial charge in [-0.25, -0.2) is 4.98 Å². The highest BCUT2D eigenvalue weighted by Gasteiger charge is 2.38. The fourth-order valence-corrected chi connectivity index (χ4v) is 3.13. The highest BCUT2D eigenvalue weighted by Crippen LogP contribution is 2.35. The molecule has 1 aliphatic heterocycles. The van der Waals surface area contributed by atoms with Crippen LogP contribution in [0.1, 0.15) is 21.3 Å². The van der Waals surface area contributed by atoms with Crippen molar-refractivity contribution in [2.75, 3.05) is 5.32 Å². The van der Waals surface area contributed by atoms with Gasteiger partial charge in [-0.05, 0) is 18.2 Å². The van der Waals surface area contributed by atoms with Crippen molar-refractivity contribution < 1.29 is 9.59 Å². The number of amides is 1. The number of hydrogen-bond donors (Lipinski definition) is 1. The Bertz CT molecular complexity index is 699. The van der Waals surface area contributed by atoms with Crippen molar-refractivity contribution in [3.63, 3.8) is 0 Å². The maximum absolute atomic E-state index is 12.4. The van der Waals surface area contributed by atoms with Crippen LogP contribution in [0.3, 0.4) is 0 Å². The Morgan fingerprint density at radius 3 is 2.84 bits per heavy atom. The summed E-state index contributed by atoms with van der Waals surface area (Å²) in [6, 6.07) is 4.75. The minimum Gasteiger partial charge on any atom is -0.323 e. The number of hydrogen-bond acceptors (Lipinski definition) is 4. The van der Waals surface area contributed by atoms with Crippen molar-refractivity contribution in [3.8, 4) is 0 Å². The van der Waals surface area contributed by atoms with Gasteiger partial charge in [0.25, 0.3) is 0 Å². The van der Waals surface area contributed by atoms with Crippen LogP contribution < -0.4 is 5.32 Å². The second-order valence-electron chi connectivity index (χ2n) is 3.98. The highest BCUT2D eigenvalue weighted by atomic mass is 35.5. The second kappa shape index (κ2) is 4.59. The van der Waals surface area contributed by atoms with Crippen LogP contribution in [0.15, 0.2) is 23.6 Å². The van der Waals surface area contributed by atoms with Crippen molar-refractivity contribution in [1.82, 2.24) is 4.98 Å². The van der Waals surface area contributed by atoms with Gasteiger partial charge >= 0.3 is 0 Å². The molecule has 96 valence electrons. The van der Waals surface area contributed by atoms with Gasteiger partial charge in [0.15, 0.2) is 5.78 Å². The number of halogens is 2. The lowest BCUT2D eigenvalue weighted by molar-refractivity contribution is -0.116. The second-order valence-corrected chi connectivity index (χ2v) is 5.72. The average molecular weight is 313 g/mol. The molecular formula is C12H6Cl2N2O2S. The molecule has 1 N–H and O–H groups in total. The maximum atomic E-state index is 12.4. The van der Waals surface area contributed by atoms with Crippen LogP contribution in [0.4, 0.5) is 5.69 Å². The van der Waals surface area contributed by atoms with Crippen molar-refractivity contribution in [1.29, 1.82) is 0 Å². The van der Waals surface area contributed by atoms with Crippen LogP contribution in [0, 0.1) is 0 Å². The first-order valence-electron chi connectivity index (χ1n) is 5.32. The van der Waals surface area contributed by atoms with Crippen LogP contribution in [0.5, 0.6) is 0 Å². The van der Waals surface area contributed by atoms with Gasteiger partial charge in [-0.15, -0.1) is 11.3 Å². The van der Waals surface area contributed by atoms with E-state index < -0.39 is 5.92 Å². The summed E-state index contributed by atoms with van der Waals surface area (Å²) in [5.74, 6) is -1.66. The smallest absolute Gasteiger partial charge is 0.241 e. The molecule has 0 saturated heterocycles. The van der Waals surface area contributed by atoms with Gasteiger partial charge in [0.05, 0.1) is 21.3 Å². The Morgan fingerprint density at radius 1 is 1.37 bits per heavy atom. The summed E-state index contributed by atoms with van der Waals surface area (Å²) < 4.78 is 0. The summed E-state index contributed by atoms with van der Waals surface area (Å²) >= 11 is 12.8. The molecule has 0 aliphatic carbocycles. The van der Waals surface area contributed by atoms with E-state index in [-0.39, 0.29) is 16.8 Å². The number of ketones is 1. The summed E-state index contributed by atoms with van der Waals surface area (Å²) in [6.45, 7) is 0. The van der Waals surface area contributed by atoms with Crippen LogP contribution in [0.2, 0.25) is 10.2 Å². The summed E-state index contributed by atoms with van der Waals surface area (Å²) in [5.41, 5.74) is 0.891. The molecule has 1 amide bonds. The van der Waals surface area contributed by atoms with Crippen LogP contribution in [-0.2, 0) is 4.79 Å². The lowest BCUT2D eigenvalue weighted by Gasteiger charge is -2.05. The van der Waals surface area contributed by atoms with Gasteiger partial charge in [-0.2, -0.15) is 0 Å². The molecule has 7 heteroatoms. The summed E-state index contributed by atoms with van der Waals surface area (Å²) in [5, 5.41) is 4.99. The fraction of sp³-hybridized carbons (Fsp3) is 0.0833.